The van der Waals surface area contributed by atoms with Crippen molar-refractivity contribution in [1.29, 1.82) is 0 Å². The third-order valence-electron chi connectivity index (χ3n) is 5.18. The first kappa shape index (κ1) is 29.2. The van der Waals surface area contributed by atoms with Crippen LogP contribution in [0.25, 0.3) is 5.65 Å². The normalized spacial score (nSPS) is 11.9. The van der Waals surface area contributed by atoms with Crippen LogP contribution in [-0.2, 0) is 32.3 Å². The van der Waals surface area contributed by atoms with Crippen LogP contribution in [0.1, 0.15) is 44.4 Å². The molecule has 0 aliphatic heterocycles. The zero-order valence-corrected chi connectivity index (χ0v) is 20.5. The summed E-state index contributed by atoms with van der Waals surface area (Å²) in [6, 6.07) is 14.1. The van der Waals surface area contributed by atoms with Gasteiger partial charge in [-0.3, -0.25) is 14.0 Å². The Morgan fingerprint density at radius 1 is 1.08 bits per heavy atom. The Morgan fingerprint density at radius 3 is 2.43 bits per heavy atom. The van der Waals surface area contributed by atoms with Crippen molar-refractivity contribution in [2.75, 3.05) is 20.2 Å². The molecule has 12 heteroatoms. The number of nitrogens with zero attached hydrogens (tertiary/aromatic N) is 4. The highest BCUT2D eigenvalue weighted by Gasteiger charge is 2.28. The summed E-state index contributed by atoms with van der Waals surface area (Å²) in [5, 5.41) is 11.4. The molecule has 2 heterocycles. The van der Waals surface area contributed by atoms with Crippen LogP contribution in [0.3, 0.4) is 0 Å². The number of fused-ring (bicyclic) bond motifs is 1. The standard InChI is InChI=1S/C24H31N7O5.CH4/c1-24(2,26)22(33)27-18(15-35-13-16-8-5-4-6-9-16)21-29-28-20-11-7-10-17(31(20)21)14-36-23(34)30(3)12-19(25)32;/h4-11,18H,12-15,26H2,1-3H3,(H2,25,32)(H,27,33);1H4/t18-;/m1./s1. The molecule has 200 valence electrons. The topological polar surface area (TPSA) is 167 Å². The van der Waals surface area contributed by atoms with Gasteiger partial charge in [0.25, 0.3) is 0 Å². The average Bonchev–Trinajstić information content (AvgIpc) is 3.26. The molecule has 37 heavy (non-hydrogen) atoms. The number of nitrogens with one attached hydrogen (secondary N) is 1. The Balaban J connectivity index is 0.00000481. The molecule has 0 spiro atoms. The molecule has 0 radical (unpaired) electrons. The molecule has 0 aliphatic carbocycles. The van der Waals surface area contributed by atoms with Crippen molar-refractivity contribution in [1.82, 2.24) is 24.8 Å². The highest BCUT2D eigenvalue weighted by molar-refractivity contribution is 5.85. The summed E-state index contributed by atoms with van der Waals surface area (Å²) in [5.74, 6) is -0.674. The molecular formula is C25H35N7O5. The molecule has 0 unspecified atom stereocenters. The number of aromatic nitrogens is 3. The number of benzene rings is 1. The van der Waals surface area contributed by atoms with Gasteiger partial charge in [0.1, 0.15) is 19.2 Å². The second kappa shape index (κ2) is 12.8. The lowest BCUT2D eigenvalue weighted by atomic mass is 10.1. The Bertz CT molecular complexity index is 1210. The van der Waals surface area contributed by atoms with Crippen molar-refractivity contribution in [2.24, 2.45) is 11.5 Å². The van der Waals surface area contributed by atoms with Crippen LogP contribution in [0.2, 0.25) is 0 Å². The zero-order chi connectivity index (χ0) is 26.3. The van der Waals surface area contributed by atoms with E-state index in [1.807, 2.05) is 30.3 Å². The molecule has 0 fully saturated rings. The fourth-order valence-electron chi connectivity index (χ4n) is 3.31. The van der Waals surface area contributed by atoms with Gasteiger partial charge in [-0.2, -0.15) is 0 Å². The minimum atomic E-state index is -1.14. The van der Waals surface area contributed by atoms with Gasteiger partial charge in [0.05, 0.1) is 24.4 Å². The van der Waals surface area contributed by atoms with Crippen LogP contribution < -0.4 is 16.8 Å². The van der Waals surface area contributed by atoms with E-state index in [4.69, 9.17) is 20.9 Å². The van der Waals surface area contributed by atoms with Gasteiger partial charge in [0.2, 0.25) is 11.8 Å². The summed E-state index contributed by atoms with van der Waals surface area (Å²) in [7, 11) is 1.40. The smallest absolute Gasteiger partial charge is 0.410 e. The molecular weight excluding hydrogens is 478 g/mol. The Labute approximate surface area is 215 Å². The van der Waals surface area contributed by atoms with Crippen LogP contribution in [0.5, 0.6) is 0 Å². The van der Waals surface area contributed by atoms with Gasteiger partial charge < -0.3 is 31.2 Å². The van der Waals surface area contributed by atoms with E-state index in [9.17, 15) is 14.4 Å². The number of likely N-dealkylation sites (N-methyl/N-ethyl adjacent to an activating group) is 1. The largest absolute Gasteiger partial charge is 0.443 e. The summed E-state index contributed by atoms with van der Waals surface area (Å²) in [6.07, 6.45) is -0.721. The van der Waals surface area contributed by atoms with Gasteiger partial charge in [0, 0.05) is 7.05 Å². The molecule has 2 aromatic heterocycles. The van der Waals surface area contributed by atoms with E-state index in [1.165, 1.54) is 7.05 Å². The number of hydrogen-bond acceptors (Lipinski definition) is 8. The number of ether oxygens (including phenoxy) is 2. The third-order valence-corrected chi connectivity index (χ3v) is 5.18. The van der Waals surface area contributed by atoms with Crippen LogP contribution >= 0.6 is 0 Å². The van der Waals surface area contributed by atoms with E-state index in [0.717, 1.165) is 10.5 Å². The van der Waals surface area contributed by atoms with E-state index in [2.05, 4.69) is 15.5 Å². The summed E-state index contributed by atoms with van der Waals surface area (Å²) in [4.78, 5) is 37.1. The summed E-state index contributed by atoms with van der Waals surface area (Å²) in [5.41, 5.74) is 12.0. The van der Waals surface area contributed by atoms with Gasteiger partial charge in [0.15, 0.2) is 11.5 Å². The highest BCUT2D eigenvalue weighted by atomic mass is 16.6. The minimum absolute atomic E-state index is 0. The monoisotopic (exact) mass is 513 g/mol. The minimum Gasteiger partial charge on any atom is -0.443 e. The maximum atomic E-state index is 12.7. The van der Waals surface area contributed by atoms with E-state index >= 15 is 0 Å². The van der Waals surface area contributed by atoms with Crippen molar-refractivity contribution in [3.8, 4) is 0 Å². The lowest BCUT2D eigenvalue weighted by Crippen LogP contribution is -2.51. The first-order chi connectivity index (χ1) is 17.1. The molecule has 12 nitrogen and oxygen atoms in total. The Kier molecular flexibility index (Phi) is 10.1. The lowest BCUT2D eigenvalue weighted by molar-refractivity contribution is -0.126. The van der Waals surface area contributed by atoms with Crippen LogP contribution in [0, 0.1) is 0 Å². The second-order valence-electron chi connectivity index (χ2n) is 8.89. The summed E-state index contributed by atoms with van der Waals surface area (Å²) >= 11 is 0. The average molecular weight is 514 g/mol. The highest BCUT2D eigenvalue weighted by Crippen LogP contribution is 2.18. The molecule has 3 rings (SSSR count). The maximum Gasteiger partial charge on any atom is 0.410 e. The van der Waals surface area contributed by atoms with Gasteiger partial charge in [-0.1, -0.05) is 43.8 Å². The van der Waals surface area contributed by atoms with E-state index in [1.54, 1.807) is 36.4 Å². The van der Waals surface area contributed by atoms with E-state index < -0.39 is 29.5 Å². The predicted octanol–water partition coefficient (Wildman–Crippen LogP) is 1.53. The van der Waals surface area contributed by atoms with Crippen molar-refractivity contribution in [2.45, 2.75) is 46.1 Å². The SMILES string of the molecule is C.CN(CC(N)=O)C(=O)OCc1cccc2nnc([C@@H](COCc3ccccc3)NC(=O)C(C)(C)N)n12. The Morgan fingerprint density at radius 2 is 1.78 bits per heavy atom. The van der Waals surface area contributed by atoms with E-state index in [0.29, 0.717) is 23.8 Å². The fourth-order valence-corrected chi connectivity index (χ4v) is 3.31. The molecule has 0 saturated carbocycles. The number of pyridine rings is 1. The molecule has 5 N–H and O–H groups in total. The maximum absolute atomic E-state index is 12.7. The van der Waals surface area contributed by atoms with Gasteiger partial charge in [-0.15, -0.1) is 10.2 Å². The van der Waals surface area contributed by atoms with Crippen molar-refractivity contribution in [3.63, 3.8) is 0 Å². The lowest BCUT2D eigenvalue weighted by Gasteiger charge is -2.24. The number of primary amides is 1. The third kappa shape index (κ3) is 7.98. The van der Waals surface area contributed by atoms with Crippen molar-refractivity contribution in [3.05, 3.63) is 65.6 Å². The zero-order valence-electron chi connectivity index (χ0n) is 20.5. The summed E-state index contributed by atoms with van der Waals surface area (Å²) < 4.78 is 12.9. The summed E-state index contributed by atoms with van der Waals surface area (Å²) in [6.45, 7) is 3.19. The first-order valence-corrected chi connectivity index (χ1v) is 11.3. The molecule has 0 saturated heterocycles. The fraction of sp³-hybridized carbons (Fsp3) is 0.400. The molecule has 1 aromatic carbocycles. The number of carbonyl (C=O) groups is 3. The van der Waals surface area contributed by atoms with Crippen LogP contribution in [-0.4, -0.2) is 63.1 Å². The number of hydrogen-bond donors (Lipinski definition) is 3. The number of amides is 3. The van der Waals surface area contributed by atoms with Crippen molar-refractivity contribution < 1.29 is 23.9 Å². The van der Waals surface area contributed by atoms with Gasteiger partial charge in [-0.25, -0.2) is 4.79 Å². The molecule has 1 atom stereocenters. The Hall–Kier alpha value is -4.03. The van der Waals surface area contributed by atoms with E-state index in [-0.39, 0.29) is 27.2 Å². The van der Waals surface area contributed by atoms with Gasteiger partial charge in [-0.05, 0) is 31.5 Å². The quantitative estimate of drug-likeness (QED) is 0.347. The predicted molar refractivity (Wildman–Crippen MR) is 137 cm³/mol. The van der Waals surface area contributed by atoms with Crippen molar-refractivity contribution >= 4 is 23.6 Å². The molecule has 0 aliphatic rings. The molecule has 3 aromatic rings. The van der Waals surface area contributed by atoms with Crippen LogP contribution in [0.4, 0.5) is 4.79 Å². The first-order valence-electron chi connectivity index (χ1n) is 11.3. The molecule has 0 bridgehead atoms. The van der Waals surface area contributed by atoms with Gasteiger partial charge >= 0.3 is 6.09 Å². The number of rotatable bonds is 11. The number of nitrogens with two attached hydrogens (primary N) is 2. The second-order valence-corrected chi connectivity index (χ2v) is 8.89. The number of carbonyl (C=O) groups excluding carboxylic acids is 3. The molecule has 3 amide bonds. The van der Waals surface area contributed by atoms with Crippen LogP contribution in [0.15, 0.2) is 48.5 Å².